The highest BCUT2D eigenvalue weighted by Gasteiger charge is 2.12. The molecule has 5 heteroatoms. The van der Waals surface area contributed by atoms with Gasteiger partial charge in [0.05, 0.1) is 5.69 Å². The second-order valence-electron chi connectivity index (χ2n) is 3.28. The molecule has 0 saturated carbocycles. The number of nitrogens with zero attached hydrogens (tertiary/aromatic N) is 1. The van der Waals surface area contributed by atoms with E-state index in [1.165, 1.54) is 6.26 Å². The molecule has 1 aromatic heterocycles. The molecule has 0 bridgehead atoms. The van der Waals surface area contributed by atoms with Gasteiger partial charge >= 0.3 is 0 Å². The Bertz CT molecular complexity index is 522. The maximum Gasteiger partial charge on any atom is 0.260 e. The Balaban J connectivity index is 2.17. The Morgan fingerprint density at radius 1 is 1.50 bits per heavy atom. The number of anilines is 1. The topological polar surface area (TPSA) is 55.1 Å². The van der Waals surface area contributed by atoms with Gasteiger partial charge in [0.25, 0.3) is 5.91 Å². The predicted molar refractivity (Wildman–Crippen MR) is 63.3 cm³/mol. The summed E-state index contributed by atoms with van der Waals surface area (Å²) in [5.41, 5.74) is 1.74. The number of carbonyl (C=O) groups excluding carboxylic acids is 1. The van der Waals surface area contributed by atoms with Crippen molar-refractivity contribution in [2.24, 2.45) is 0 Å². The summed E-state index contributed by atoms with van der Waals surface area (Å²) in [6, 6.07) is 7.37. The fourth-order valence-electron chi connectivity index (χ4n) is 1.28. The van der Waals surface area contributed by atoms with Gasteiger partial charge in [0.15, 0.2) is 0 Å². The SMILES string of the molecule is Cc1nocc1C(=O)Nc1cccc(Br)c1. The van der Waals surface area contributed by atoms with Gasteiger partial charge in [-0.15, -0.1) is 0 Å². The van der Waals surface area contributed by atoms with Crippen LogP contribution in [-0.2, 0) is 0 Å². The lowest BCUT2D eigenvalue weighted by atomic mass is 10.2. The van der Waals surface area contributed by atoms with Gasteiger partial charge < -0.3 is 9.84 Å². The Kier molecular flexibility index (Phi) is 3.05. The molecule has 1 N–H and O–H groups in total. The molecule has 0 spiro atoms. The zero-order valence-corrected chi connectivity index (χ0v) is 10.1. The number of aromatic nitrogens is 1. The summed E-state index contributed by atoms with van der Waals surface area (Å²) in [7, 11) is 0. The zero-order valence-electron chi connectivity index (χ0n) is 8.53. The van der Waals surface area contributed by atoms with Crippen LogP contribution in [0.15, 0.2) is 39.5 Å². The molecule has 16 heavy (non-hydrogen) atoms. The summed E-state index contributed by atoms with van der Waals surface area (Å²) >= 11 is 3.33. The van der Waals surface area contributed by atoms with Crippen LogP contribution < -0.4 is 5.32 Å². The molecule has 0 fully saturated rings. The van der Waals surface area contributed by atoms with Crippen molar-refractivity contribution in [2.45, 2.75) is 6.92 Å². The number of hydrogen-bond donors (Lipinski definition) is 1. The minimum absolute atomic E-state index is 0.225. The van der Waals surface area contributed by atoms with Crippen molar-refractivity contribution in [3.8, 4) is 0 Å². The van der Waals surface area contributed by atoms with E-state index in [1.807, 2.05) is 24.3 Å². The van der Waals surface area contributed by atoms with Crippen LogP contribution in [0.2, 0.25) is 0 Å². The van der Waals surface area contributed by atoms with Gasteiger partial charge in [0, 0.05) is 10.2 Å². The molecule has 0 radical (unpaired) electrons. The molecule has 0 aliphatic rings. The summed E-state index contributed by atoms with van der Waals surface area (Å²) in [6.07, 6.45) is 1.34. The number of aryl methyl sites for hydroxylation is 1. The van der Waals surface area contributed by atoms with Crippen molar-refractivity contribution in [3.63, 3.8) is 0 Å². The molecule has 0 aliphatic heterocycles. The summed E-state index contributed by atoms with van der Waals surface area (Å²) in [4.78, 5) is 11.8. The van der Waals surface area contributed by atoms with Gasteiger partial charge in [0.1, 0.15) is 11.8 Å². The molecule has 4 nitrogen and oxygen atoms in total. The van der Waals surface area contributed by atoms with Crippen LogP contribution in [0.3, 0.4) is 0 Å². The third-order valence-electron chi connectivity index (χ3n) is 2.08. The highest BCUT2D eigenvalue weighted by Crippen LogP contribution is 2.17. The van der Waals surface area contributed by atoms with Crippen molar-refractivity contribution < 1.29 is 9.32 Å². The fourth-order valence-corrected chi connectivity index (χ4v) is 1.67. The summed E-state index contributed by atoms with van der Waals surface area (Å²) in [5.74, 6) is -0.225. The standard InChI is InChI=1S/C11H9BrN2O2/c1-7-10(6-16-14-7)11(15)13-9-4-2-3-8(12)5-9/h2-6H,1H3,(H,13,15). The van der Waals surface area contributed by atoms with E-state index in [0.717, 1.165) is 10.2 Å². The molecule has 1 aromatic carbocycles. The second-order valence-corrected chi connectivity index (χ2v) is 4.19. The number of nitrogens with one attached hydrogen (secondary N) is 1. The van der Waals surface area contributed by atoms with Gasteiger partial charge in [0.2, 0.25) is 0 Å². The fraction of sp³-hybridized carbons (Fsp3) is 0.0909. The quantitative estimate of drug-likeness (QED) is 0.920. The normalized spacial score (nSPS) is 10.1. The van der Waals surface area contributed by atoms with Gasteiger partial charge in [-0.3, -0.25) is 4.79 Å². The number of rotatable bonds is 2. The van der Waals surface area contributed by atoms with E-state index in [-0.39, 0.29) is 5.91 Å². The minimum atomic E-state index is -0.225. The van der Waals surface area contributed by atoms with Crippen LogP contribution in [0.25, 0.3) is 0 Å². The lowest BCUT2D eigenvalue weighted by Crippen LogP contribution is -2.12. The number of benzene rings is 1. The molecule has 0 aliphatic carbocycles. The summed E-state index contributed by atoms with van der Waals surface area (Å²) < 4.78 is 5.62. The largest absolute Gasteiger partial charge is 0.364 e. The molecule has 2 rings (SSSR count). The molecular formula is C11H9BrN2O2. The Morgan fingerprint density at radius 2 is 2.31 bits per heavy atom. The van der Waals surface area contributed by atoms with E-state index in [4.69, 9.17) is 4.52 Å². The Hall–Kier alpha value is -1.62. The molecule has 0 atom stereocenters. The number of halogens is 1. The van der Waals surface area contributed by atoms with Gasteiger partial charge in [-0.2, -0.15) is 0 Å². The lowest BCUT2D eigenvalue weighted by Gasteiger charge is -2.03. The predicted octanol–water partition coefficient (Wildman–Crippen LogP) is 3.00. The first kappa shape index (κ1) is 10.9. The first-order valence-corrected chi connectivity index (χ1v) is 5.44. The number of amides is 1. The number of hydrogen-bond acceptors (Lipinski definition) is 3. The highest BCUT2D eigenvalue weighted by atomic mass is 79.9. The molecule has 1 amide bonds. The third kappa shape index (κ3) is 2.30. The van der Waals surface area contributed by atoms with Crippen LogP contribution in [0.1, 0.15) is 16.1 Å². The van der Waals surface area contributed by atoms with Crippen LogP contribution in [0, 0.1) is 6.92 Å². The van der Waals surface area contributed by atoms with Crippen LogP contribution in [0.5, 0.6) is 0 Å². The summed E-state index contributed by atoms with van der Waals surface area (Å²) in [6.45, 7) is 1.72. The zero-order chi connectivity index (χ0) is 11.5. The van der Waals surface area contributed by atoms with E-state index in [9.17, 15) is 4.79 Å². The monoisotopic (exact) mass is 280 g/mol. The van der Waals surface area contributed by atoms with Gasteiger partial charge in [-0.05, 0) is 25.1 Å². The molecular weight excluding hydrogens is 272 g/mol. The van der Waals surface area contributed by atoms with E-state index < -0.39 is 0 Å². The van der Waals surface area contributed by atoms with Crippen LogP contribution >= 0.6 is 15.9 Å². The summed E-state index contributed by atoms with van der Waals surface area (Å²) in [5, 5.41) is 6.41. The Morgan fingerprint density at radius 3 is 2.94 bits per heavy atom. The molecule has 82 valence electrons. The van der Waals surface area contributed by atoms with Crippen molar-refractivity contribution in [1.82, 2.24) is 5.16 Å². The van der Waals surface area contributed by atoms with E-state index in [1.54, 1.807) is 6.92 Å². The second kappa shape index (κ2) is 4.49. The maximum absolute atomic E-state index is 11.8. The first-order valence-electron chi connectivity index (χ1n) is 4.65. The average Bonchev–Trinajstić information content (AvgIpc) is 2.64. The lowest BCUT2D eigenvalue weighted by molar-refractivity contribution is 0.102. The van der Waals surface area contributed by atoms with Crippen molar-refractivity contribution in [2.75, 3.05) is 5.32 Å². The number of carbonyl (C=O) groups is 1. The van der Waals surface area contributed by atoms with E-state index in [0.29, 0.717) is 11.3 Å². The minimum Gasteiger partial charge on any atom is -0.364 e. The van der Waals surface area contributed by atoms with Gasteiger partial charge in [-0.25, -0.2) is 0 Å². The van der Waals surface area contributed by atoms with Crippen LogP contribution in [-0.4, -0.2) is 11.1 Å². The first-order chi connectivity index (χ1) is 7.66. The Labute approximate surface area is 101 Å². The molecule has 0 saturated heterocycles. The third-order valence-corrected chi connectivity index (χ3v) is 2.57. The average molecular weight is 281 g/mol. The van der Waals surface area contributed by atoms with Crippen molar-refractivity contribution in [3.05, 3.63) is 46.3 Å². The maximum atomic E-state index is 11.8. The van der Waals surface area contributed by atoms with Crippen molar-refractivity contribution >= 4 is 27.5 Å². The van der Waals surface area contributed by atoms with Crippen molar-refractivity contribution in [1.29, 1.82) is 0 Å². The highest BCUT2D eigenvalue weighted by molar-refractivity contribution is 9.10. The molecule has 0 unspecified atom stereocenters. The van der Waals surface area contributed by atoms with E-state index in [2.05, 4.69) is 26.4 Å². The smallest absolute Gasteiger partial charge is 0.260 e. The van der Waals surface area contributed by atoms with Gasteiger partial charge in [-0.1, -0.05) is 27.2 Å². The van der Waals surface area contributed by atoms with E-state index >= 15 is 0 Å². The molecule has 1 heterocycles. The van der Waals surface area contributed by atoms with Crippen LogP contribution in [0.4, 0.5) is 5.69 Å². The molecule has 2 aromatic rings.